The van der Waals surface area contributed by atoms with Crippen molar-refractivity contribution in [2.75, 3.05) is 6.26 Å². The van der Waals surface area contributed by atoms with Crippen molar-refractivity contribution in [3.8, 4) is 0 Å². The molecule has 7 heteroatoms. The molecular formula is C18H22N2O4S. The zero-order valence-corrected chi connectivity index (χ0v) is 15.5. The first-order valence-electron chi connectivity index (χ1n) is 7.84. The van der Waals surface area contributed by atoms with Crippen LogP contribution in [0.3, 0.4) is 0 Å². The first-order valence-corrected chi connectivity index (χ1v) is 9.07. The standard InChI is InChI=1S/C18H22N2O4S/c1-18(2,3)15-9-14(20-24-15)17(23)19-13(10-16(21)22)11-5-7-12(25-4)8-6-11/h5-9,13H,10H2,1-4H3,(H,19,23)(H,21,22). The molecule has 1 aromatic carbocycles. The molecule has 0 aliphatic carbocycles. The molecule has 6 nitrogen and oxygen atoms in total. The molecule has 0 spiro atoms. The number of aromatic nitrogens is 1. The number of nitrogens with one attached hydrogen (secondary N) is 1. The Balaban J connectivity index is 2.19. The Labute approximate surface area is 151 Å². The molecular weight excluding hydrogens is 340 g/mol. The summed E-state index contributed by atoms with van der Waals surface area (Å²) in [6, 6.07) is 8.38. The van der Waals surface area contributed by atoms with E-state index in [-0.39, 0.29) is 17.5 Å². The molecule has 0 bridgehead atoms. The smallest absolute Gasteiger partial charge is 0.305 e. The second-order valence-electron chi connectivity index (χ2n) is 6.72. The molecule has 2 aromatic rings. The van der Waals surface area contributed by atoms with Gasteiger partial charge in [0.05, 0.1) is 12.5 Å². The number of thioether (sulfide) groups is 1. The third kappa shape index (κ3) is 5.09. The fourth-order valence-electron chi connectivity index (χ4n) is 2.23. The van der Waals surface area contributed by atoms with Crippen LogP contribution >= 0.6 is 11.8 Å². The Morgan fingerprint density at radius 1 is 1.28 bits per heavy atom. The molecule has 0 saturated heterocycles. The Morgan fingerprint density at radius 3 is 2.40 bits per heavy atom. The third-order valence-corrected chi connectivity index (χ3v) is 4.43. The molecule has 134 valence electrons. The van der Waals surface area contributed by atoms with Crippen LogP contribution in [0.5, 0.6) is 0 Å². The summed E-state index contributed by atoms with van der Waals surface area (Å²) in [6.45, 7) is 5.86. The molecule has 1 unspecified atom stereocenters. The van der Waals surface area contributed by atoms with Crippen molar-refractivity contribution in [1.82, 2.24) is 10.5 Å². The van der Waals surface area contributed by atoms with Gasteiger partial charge in [-0.15, -0.1) is 11.8 Å². The highest BCUT2D eigenvalue weighted by Gasteiger charge is 2.24. The maximum Gasteiger partial charge on any atom is 0.305 e. The predicted octanol–water partition coefficient (Wildman–Crippen LogP) is 3.64. The first kappa shape index (κ1) is 19.1. The summed E-state index contributed by atoms with van der Waals surface area (Å²) >= 11 is 1.59. The number of rotatable bonds is 6. The number of hydrogen-bond acceptors (Lipinski definition) is 5. The molecule has 0 aliphatic heterocycles. The van der Waals surface area contributed by atoms with Crippen molar-refractivity contribution in [3.63, 3.8) is 0 Å². The minimum Gasteiger partial charge on any atom is -0.481 e. The van der Waals surface area contributed by atoms with E-state index < -0.39 is 17.9 Å². The van der Waals surface area contributed by atoms with Crippen molar-refractivity contribution < 1.29 is 19.2 Å². The summed E-state index contributed by atoms with van der Waals surface area (Å²) in [4.78, 5) is 24.7. The summed E-state index contributed by atoms with van der Waals surface area (Å²) < 4.78 is 5.22. The molecule has 1 heterocycles. The van der Waals surface area contributed by atoms with Gasteiger partial charge in [-0.3, -0.25) is 9.59 Å². The second kappa shape index (κ2) is 7.74. The van der Waals surface area contributed by atoms with E-state index >= 15 is 0 Å². The largest absolute Gasteiger partial charge is 0.481 e. The van der Waals surface area contributed by atoms with Gasteiger partial charge in [0.1, 0.15) is 5.76 Å². The first-order chi connectivity index (χ1) is 11.7. The van der Waals surface area contributed by atoms with Crippen molar-refractivity contribution >= 4 is 23.6 Å². The van der Waals surface area contributed by atoms with Gasteiger partial charge in [-0.05, 0) is 24.0 Å². The molecule has 2 rings (SSSR count). The van der Waals surface area contributed by atoms with Crippen LogP contribution in [0.2, 0.25) is 0 Å². The third-order valence-electron chi connectivity index (χ3n) is 3.68. The average molecular weight is 362 g/mol. The van der Waals surface area contributed by atoms with Gasteiger partial charge >= 0.3 is 5.97 Å². The van der Waals surface area contributed by atoms with E-state index in [1.807, 2.05) is 51.3 Å². The van der Waals surface area contributed by atoms with E-state index in [0.29, 0.717) is 5.76 Å². The number of carbonyl (C=O) groups excluding carboxylic acids is 1. The van der Waals surface area contributed by atoms with Gasteiger partial charge in [-0.2, -0.15) is 0 Å². The molecule has 1 amide bonds. The lowest BCUT2D eigenvalue weighted by atomic mass is 9.93. The van der Waals surface area contributed by atoms with E-state index in [1.165, 1.54) is 0 Å². The van der Waals surface area contributed by atoms with Crippen LogP contribution < -0.4 is 5.32 Å². The fraction of sp³-hybridized carbons (Fsp3) is 0.389. The summed E-state index contributed by atoms with van der Waals surface area (Å²) in [7, 11) is 0. The van der Waals surface area contributed by atoms with Gasteiger partial charge < -0.3 is 14.9 Å². The monoisotopic (exact) mass is 362 g/mol. The summed E-state index contributed by atoms with van der Waals surface area (Å²) in [5.74, 6) is -0.856. The van der Waals surface area contributed by atoms with Crippen LogP contribution in [-0.2, 0) is 10.2 Å². The molecule has 1 aromatic heterocycles. The Kier molecular flexibility index (Phi) is 5.89. The molecule has 0 fully saturated rings. The van der Waals surface area contributed by atoms with E-state index in [4.69, 9.17) is 9.63 Å². The summed E-state index contributed by atoms with van der Waals surface area (Å²) in [5.41, 5.74) is 0.605. The van der Waals surface area contributed by atoms with Crippen molar-refractivity contribution in [1.29, 1.82) is 0 Å². The Bertz CT molecular complexity index is 747. The van der Waals surface area contributed by atoms with Gasteiger partial charge in [0, 0.05) is 16.4 Å². The molecule has 0 radical (unpaired) electrons. The number of nitrogens with zero attached hydrogens (tertiary/aromatic N) is 1. The molecule has 2 N–H and O–H groups in total. The maximum atomic E-state index is 12.4. The van der Waals surface area contributed by atoms with Gasteiger partial charge in [0.25, 0.3) is 5.91 Å². The van der Waals surface area contributed by atoms with Gasteiger partial charge in [-0.25, -0.2) is 0 Å². The normalized spacial score (nSPS) is 12.6. The minimum absolute atomic E-state index is 0.140. The summed E-state index contributed by atoms with van der Waals surface area (Å²) in [5, 5.41) is 15.7. The van der Waals surface area contributed by atoms with Gasteiger partial charge in [-0.1, -0.05) is 38.1 Å². The van der Waals surface area contributed by atoms with Crippen LogP contribution in [-0.4, -0.2) is 28.4 Å². The lowest BCUT2D eigenvalue weighted by molar-refractivity contribution is -0.137. The number of benzene rings is 1. The molecule has 1 atom stereocenters. The number of carbonyl (C=O) groups is 2. The highest BCUT2D eigenvalue weighted by molar-refractivity contribution is 7.98. The van der Waals surface area contributed by atoms with E-state index in [0.717, 1.165) is 10.5 Å². The van der Waals surface area contributed by atoms with Crippen LogP contribution in [0, 0.1) is 0 Å². The number of carboxylic acids is 1. The average Bonchev–Trinajstić information content (AvgIpc) is 3.04. The Hall–Kier alpha value is -2.28. The second-order valence-corrected chi connectivity index (χ2v) is 7.60. The Morgan fingerprint density at radius 2 is 1.92 bits per heavy atom. The predicted molar refractivity (Wildman–Crippen MR) is 95.9 cm³/mol. The van der Waals surface area contributed by atoms with Crippen LogP contribution in [0.1, 0.15) is 55.0 Å². The highest BCUT2D eigenvalue weighted by Crippen LogP contribution is 2.24. The summed E-state index contributed by atoms with van der Waals surface area (Å²) in [6.07, 6.45) is 1.75. The van der Waals surface area contributed by atoms with Crippen LogP contribution in [0.25, 0.3) is 0 Å². The van der Waals surface area contributed by atoms with Crippen molar-refractivity contribution in [2.45, 2.75) is 43.5 Å². The van der Waals surface area contributed by atoms with E-state index in [1.54, 1.807) is 17.8 Å². The van der Waals surface area contributed by atoms with Crippen molar-refractivity contribution in [3.05, 3.63) is 47.3 Å². The lowest BCUT2D eigenvalue weighted by Gasteiger charge is -2.17. The lowest BCUT2D eigenvalue weighted by Crippen LogP contribution is -2.30. The quantitative estimate of drug-likeness (QED) is 0.762. The zero-order chi connectivity index (χ0) is 18.6. The molecule has 25 heavy (non-hydrogen) atoms. The van der Waals surface area contributed by atoms with Crippen molar-refractivity contribution in [2.24, 2.45) is 0 Å². The maximum absolute atomic E-state index is 12.4. The number of carboxylic acid groups (broad SMARTS) is 1. The molecule has 0 aliphatic rings. The molecule has 0 saturated carbocycles. The van der Waals surface area contributed by atoms with E-state index in [2.05, 4.69) is 10.5 Å². The highest BCUT2D eigenvalue weighted by atomic mass is 32.2. The fourth-order valence-corrected chi connectivity index (χ4v) is 2.64. The van der Waals surface area contributed by atoms with Gasteiger partial charge in [0.15, 0.2) is 5.69 Å². The topological polar surface area (TPSA) is 92.4 Å². The van der Waals surface area contributed by atoms with Crippen LogP contribution in [0.4, 0.5) is 0 Å². The zero-order valence-electron chi connectivity index (χ0n) is 14.7. The van der Waals surface area contributed by atoms with Crippen LogP contribution in [0.15, 0.2) is 39.8 Å². The SMILES string of the molecule is CSc1ccc(C(CC(=O)O)NC(=O)c2cc(C(C)(C)C)on2)cc1. The van der Waals surface area contributed by atoms with E-state index in [9.17, 15) is 9.59 Å². The number of hydrogen-bond donors (Lipinski definition) is 2. The number of amides is 1. The number of aliphatic carboxylic acids is 1. The minimum atomic E-state index is -0.991. The van der Waals surface area contributed by atoms with Gasteiger partial charge in [0.2, 0.25) is 0 Å².